The van der Waals surface area contributed by atoms with Gasteiger partial charge in [-0.15, -0.1) is 0 Å². The van der Waals surface area contributed by atoms with Crippen molar-refractivity contribution in [2.45, 2.75) is 102 Å². The van der Waals surface area contributed by atoms with E-state index < -0.39 is 12.1 Å². The van der Waals surface area contributed by atoms with Crippen LogP contribution in [0.4, 0.5) is 0 Å². The molecule has 65 heavy (non-hydrogen) atoms. The summed E-state index contributed by atoms with van der Waals surface area (Å²) in [4.78, 5) is 30.9. The number of H-pyrrole nitrogens is 1. The van der Waals surface area contributed by atoms with Crippen molar-refractivity contribution in [3.05, 3.63) is 159 Å². The number of rotatable bonds is 7. The number of carbonyl (C=O) groups excluding carboxylic acids is 2. The molecule has 1 saturated carbocycles. The third kappa shape index (κ3) is 11.8. The predicted octanol–water partition coefficient (Wildman–Crippen LogP) is 11.1. The van der Waals surface area contributed by atoms with Crippen molar-refractivity contribution in [1.82, 2.24) is 4.98 Å². The van der Waals surface area contributed by atoms with E-state index in [-0.39, 0.29) is 41.5 Å². The van der Waals surface area contributed by atoms with Crippen molar-refractivity contribution < 1.29 is 24.5 Å². The Morgan fingerprint density at radius 3 is 2.55 bits per heavy atom. The Morgan fingerprint density at radius 2 is 1.72 bits per heavy atom. The van der Waals surface area contributed by atoms with Crippen LogP contribution in [-0.2, 0) is 36.2 Å². The van der Waals surface area contributed by atoms with Crippen LogP contribution >= 0.6 is 21.6 Å². The molecule has 1 aromatic heterocycles. The number of aryl methyl sites for hydroxylation is 2. The molecular weight excluding hydrogens is 847 g/mol. The minimum absolute atomic E-state index is 0.0257. The van der Waals surface area contributed by atoms with Crippen LogP contribution in [0.2, 0.25) is 0 Å². The monoisotopic (exact) mass is 907 g/mol. The van der Waals surface area contributed by atoms with E-state index in [1.54, 1.807) is 29.1 Å². The number of hydrogen-bond donors (Lipinski definition) is 5. The maximum absolute atomic E-state index is 14.2. The molecule has 8 bridgehead atoms. The van der Waals surface area contributed by atoms with E-state index in [9.17, 15) is 19.8 Å². The first kappa shape index (κ1) is 46.4. The van der Waals surface area contributed by atoms with Gasteiger partial charge in [0, 0.05) is 65.3 Å². The normalized spacial score (nSPS) is 21.5. The van der Waals surface area contributed by atoms with Crippen molar-refractivity contribution in [3.8, 4) is 29.1 Å². The van der Waals surface area contributed by atoms with Crippen molar-refractivity contribution in [2.24, 2.45) is 28.7 Å². The highest BCUT2D eigenvalue weighted by Crippen LogP contribution is 2.49. The highest BCUT2D eigenvalue weighted by atomic mass is 33.1. The summed E-state index contributed by atoms with van der Waals surface area (Å²) in [7, 11) is 3.66. The molecule has 8 nitrogen and oxygen atoms in total. The van der Waals surface area contributed by atoms with Gasteiger partial charge in [0.05, 0.1) is 19.2 Å². The quantitative estimate of drug-likeness (QED) is 0.0610. The molecule has 8 rings (SSSR count). The van der Waals surface area contributed by atoms with Gasteiger partial charge in [-0.25, -0.2) is 0 Å². The Kier molecular flexibility index (Phi) is 15.3. The van der Waals surface area contributed by atoms with Gasteiger partial charge in [0.2, 0.25) is 0 Å². The number of aromatic amines is 1. The molecule has 1 fully saturated rings. The molecule has 0 unspecified atom stereocenters. The Balaban J connectivity index is 1.10. The van der Waals surface area contributed by atoms with E-state index in [4.69, 9.17) is 16.2 Å². The average Bonchev–Trinajstić information content (AvgIpc) is 3.96. The Hall–Kier alpha value is -5.18. The molecule has 10 heteroatoms. The highest BCUT2D eigenvalue weighted by molar-refractivity contribution is 8.76. The van der Waals surface area contributed by atoms with E-state index in [1.807, 2.05) is 53.3 Å². The maximum Gasteiger partial charge on any atom is 0.165 e. The number of ether oxygens (including phenoxy) is 1. The summed E-state index contributed by atoms with van der Waals surface area (Å²) in [5.41, 5.74) is 21.5. The van der Waals surface area contributed by atoms with E-state index in [0.717, 1.165) is 89.8 Å². The van der Waals surface area contributed by atoms with Crippen LogP contribution in [0.3, 0.4) is 0 Å². The zero-order valence-corrected chi connectivity index (χ0v) is 39.0. The number of hydrogen-bond acceptors (Lipinski definition) is 9. The van der Waals surface area contributed by atoms with Crippen molar-refractivity contribution in [3.63, 3.8) is 0 Å². The molecule has 0 saturated heterocycles. The van der Waals surface area contributed by atoms with E-state index in [0.29, 0.717) is 60.1 Å². The van der Waals surface area contributed by atoms with Crippen LogP contribution in [-0.4, -0.2) is 39.1 Å². The minimum atomic E-state index is -0.735. The number of fused-ring (bicyclic) bond motifs is 9. The smallest absolute Gasteiger partial charge is 0.165 e. The summed E-state index contributed by atoms with van der Waals surface area (Å²) in [6.45, 7) is 2.62. The Labute approximate surface area is 391 Å². The maximum atomic E-state index is 14.2. The van der Waals surface area contributed by atoms with E-state index in [2.05, 4.69) is 66.2 Å². The topological polar surface area (TPSA) is 152 Å². The van der Waals surface area contributed by atoms with Crippen LogP contribution in [0, 0.1) is 29.1 Å². The number of phenols is 2. The molecule has 0 radical (unpaired) electrons. The van der Waals surface area contributed by atoms with E-state index >= 15 is 0 Å². The third-order valence-corrected chi connectivity index (χ3v) is 16.2. The fourth-order valence-electron chi connectivity index (χ4n) is 9.86. The molecule has 5 aromatic rings. The zero-order valence-electron chi connectivity index (χ0n) is 37.3. The van der Waals surface area contributed by atoms with Crippen LogP contribution < -0.4 is 16.2 Å². The van der Waals surface area contributed by atoms with Crippen molar-refractivity contribution in [1.29, 1.82) is 0 Å². The molecule has 1 aliphatic heterocycles. The van der Waals surface area contributed by atoms with Gasteiger partial charge < -0.3 is 31.4 Å². The lowest BCUT2D eigenvalue weighted by Gasteiger charge is -2.28. The molecule has 0 spiro atoms. The van der Waals surface area contributed by atoms with Gasteiger partial charge in [-0.3, -0.25) is 9.59 Å². The number of allylic oxidation sites excluding steroid dienone is 2. The molecule has 0 amide bonds. The number of nitrogens with one attached hydrogen (secondary N) is 1. The fraction of sp³-hybridized carbons (Fsp3) is 0.382. The number of benzene rings is 4. The lowest BCUT2D eigenvalue weighted by atomic mass is 9.78. The molecule has 7 N–H and O–H groups in total. The molecule has 4 atom stereocenters. The largest absolute Gasteiger partial charge is 0.508 e. The Bertz CT molecular complexity index is 2570. The van der Waals surface area contributed by atoms with Gasteiger partial charge in [0.25, 0.3) is 0 Å². The highest BCUT2D eigenvalue weighted by Gasteiger charge is 2.37. The lowest BCUT2D eigenvalue weighted by molar-refractivity contribution is -0.114. The number of ketones is 2. The Morgan fingerprint density at radius 1 is 0.908 bits per heavy atom. The summed E-state index contributed by atoms with van der Waals surface area (Å²) >= 11 is 0. The lowest BCUT2D eigenvalue weighted by Crippen LogP contribution is -2.22. The zero-order chi connectivity index (χ0) is 45.3. The number of Topliss-reactive ketones (excluding diaryl/α,β-unsaturated/α-hetero) is 1. The summed E-state index contributed by atoms with van der Waals surface area (Å²) in [5.74, 6) is 9.45. The second-order valence-corrected chi connectivity index (χ2v) is 21.0. The van der Waals surface area contributed by atoms with E-state index in [1.165, 1.54) is 5.56 Å². The minimum Gasteiger partial charge on any atom is -0.508 e. The standard InChI is InChI=1S/C55H61N3O5S2/c1-36(10-11-37-6-3-2-4-7-37)18-23-55-24-19-40(33-55)34-64-65-35-42-31-45-41(30-46(42)54(56)57)8-5-9-49-44(21-26-58-49)52(62)32-47(45)48-28-39(13-16-50(48)60)22-27-63-53-29-38(14-17-51(53)61)12-15-43(59)20-25-55/h2-4,6-7,13-14,16-17,20-21,25-26,28-31,36,40,47,54,58,60-61H,9-12,15,18-19,22-24,27,32-35,56-57H2,1H3/b25-20+/t36-,40-,47+,55-/m1/s1. The van der Waals surface area contributed by atoms with Crippen LogP contribution in [0.25, 0.3) is 0 Å². The number of phenolic OH excluding ortho intramolecular Hbond substituents is 2. The summed E-state index contributed by atoms with van der Waals surface area (Å²) in [6, 6.07) is 27.4. The second kappa shape index (κ2) is 21.4. The van der Waals surface area contributed by atoms with Crippen molar-refractivity contribution in [2.75, 3.05) is 12.4 Å². The van der Waals surface area contributed by atoms with Gasteiger partial charge in [0.1, 0.15) is 5.75 Å². The first-order chi connectivity index (χ1) is 31.5. The molecule has 338 valence electrons. The third-order valence-electron chi connectivity index (χ3n) is 13.7. The number of aromatic hydroxyl groups is 2. The summed E-state index contributed by atoms with van der Waals surface area (Å²) in [6.07, 6.45) is 14.6. The predicted molar refractivity (Wildman–Crippen MR) is 264 cm³/mol. The average molecular weight is 908 g/mol. The van der Waals surface area contributed by atoms with Gasteiger partial charge in [-0.2, -0.15) is 0 Å². The van der Waals surface area contributed by atoms with Crippen molar-refractivity contribution >= 4 is 33.2 Å². The fourth-order valence-corrected chi connectivity index (χ4v) is 12.4. The van der Waals surface area contributed by atoms with Crippen LogP contribution in [0.5, 0.6) is 17.2 Å². The van der Waals surface area contributed by atoms with Crippen LogP contribution in [0.15, 0.2) is 103 Å². The second-order valence-electron chi connectivity index (χ2n) is 18.5. The first-order valence-corrected chi connectivity index (χ1v) is 25.6. The van der Waals surface area contributed by atoms with Gasteiger partial charge in [0.15, 0.2) is 23.1 Å². The van der Waals surface area contributed by atoms with Gasteiger partial charge >= 0.3 is 0 Å². The summed E-state index contributed by atoms with van der Waals surface area (Å²) < 4.78 is 6.17. The van der Waals surface area contributed by atoms with Gasteiger partial charge in [-0.05, 0) is 138 Å². The SMILES string of the molecule is C[C@H](CCc1ccccc1)CC[C@]12/C=C/C(=O)CCc3ccc(O)c(c3)OCCc3ccc(O)c(c3)[C@H]3CC(=O)c4cc[nH]c4CC#Cc4cc(C(N)N)c(cc43)CSSC[C@H](CC1)C2. The van der Waals surface area contributed by atoms with Crippen LogP contribution in [0.1, 0.15) is 131 Å². The summed E-state index contributed by atoms with van der Waals surface area (Å²) in [5, 5.41) is 22.3. The van der Waals surface area contributed by atoms with Gasteiger partial charge in [-0.1, -0.05) is 101 Å². The number of aromatic nitrogens is 1. The number of nitrogens with two attached hydrogens (primary N) is 2. The number of carbonyl (C=O) groups is 2. The first-order valence-electron chi connectivity index (χ1n) is 23.2. The molecular formula is C55H61N3O5S2. The molecule has 4 aromatic carbocycles. The molecule has 3 aliphatic rings. The molecule has 2 heterocycles. The molecule has 2 aliphatic carbocycles.